The first kappa shape index (κ1) is 9.55. The molecule has 0 aromatic heterocycles. The lowest BCUT2D eigenvalue weighted by Gasteiger charge is -2.60. The molecule has 0 aromatic rings. The van der Waals surface area contributed by atoms with E-state index in [1.807, 2.05) is 0 Å². The van der Waals surface area contributed by atoms with Crippen molar-refractivity contribution in [2.24, 2.45) is 23.2 Å². The van der Waals surface area contributed by atoms with Gasteiger partial charge in [0, 0.05) is 0 Å². The molecule has 3 saturated carbocycles. The summed E-state index contributed by atoms with van der Waals surface area (Å²) in [7, 11) is 0. The van der Waals surface area contributed by atoms with E-state index < -0.39 is 0 Å². The van der Waals surface area contributed by atoms with E-state index in [0.29, 0.717) is 5.41 Å². The fraction of sp³-hybridized carbons (Fsp3) is 1.00. The molecule has 0 N–H and O–H groups in total. The molecule has 0 heterocycles. The second-order valence-electron chi connectivity index (χ2n) is 5.84. The minimum absolute atomic E-state index is 0.705. The number of hydrogen-bond acceptors (Lipinski definition) is 0. The van der Waals surface area contributed by atoms with Crippen molar-refractivity contribution in [3.8, 4) is 0 Å². The van der Waals surface area contributed by atoms with Crippen molar-refractivity contribution in [1.82, 2.24) is 0 Å². The summed E-state index contributed by atoms with van der Waals surface area (Å²) in [6.45, 7) is 7.32. The van der Waals surface area contributed by atoms with Crippen LogP contribution in [-0.4, -0.2) is 0 Å². The van der Waals surface area contributed by atoms with Crippen molar-refractivity contribution in [2.45, 2.75) is 59.3 Å². The van der Waals surface area contributed by atoms with Crippen molar-refractivity contribution in [2.75, 3.05) is 0 Å². The third kappa shape index (κ3) is 1.43. The fourth-order valence-corrected chi connectivity index (χ4v) is 3.77. The first-order valence-electron chi connectivity index (χ1n) is 6.16. The van der Waals surface area contributed by atoms with Gasteiger partial charge in [-0.3, -0.25) is 0 Å². The highest BCUT2D eigenvalue weighted by molar-refractivity contribution is 5.02. The number of rotatable bonds is 3. The first-order valence-corrected chi connectivity index (χ1v) is 6.16. The van der Waals surface area contributed by atoms with Crippen molar-refractivity contribution in [3.05, 3.63) is 0 Å². The molecule has 0 heteroatoms. The Morgan fingerprint density at radius 1 is 1.23 bits per heavy atom. The Balaban J connectivity index is 1.91. The molecule has 0 aromatic carbocycles. The molecule has 0 spiro atoms. The van der Waals surface area contributed by atoms with Crippen LogP contribution in [0.3, 0.4) is 0 Å². The van der Waals surface area contributed by atoms with E-state index in [0.717, 1.165) is 17.8 Å². The maximum Gasteiger partial charge on any atom is -0.0295 e. The zero-order valence-electron chi connectivity index (χ0n) is 9.47. The molecule has 0 nitrogen and oxygen atoms in total. The summed E-state index contributed by atoms with van der Waals surface area (Å²) in [4.78, 5) is 0. The Morgan fingerprint density at radius 3 is 2.54 bits per heavy atom. The lowest BCUT2D eigenvalue weighted by Crippen LogP contribution is -2.52. The van der Waals surface area contributed by atoms with E-state index >= 15 is 0 Å². The minimum atomic E-state index is 0.705. The zero-order chi connectivity index (χ0) is 9.47. The van der Waals surface area contributed by atoms with Gasteiger partial charge in [-0.1, -0.05) is 40.0 Å². The molecule has 0 aliphatic heterocycles. The van der Waals surface area contributed by atoms with Crippen molar-refractivity contribution >= 4 is 0 Å². The lowest BCUT2D eigenvalue weighted by atomic mass is 9.45. The Hall–Kier alpha value is 0. The van der Waals surface area contributed by atoms with Gasteiger partial charge in [0.2, 0.25) is 0 Å². The third-order valence-corrected chi connectivity index (χ3v) is 4.93. The van der Waals surface area contributed by atoms with Gasteiger partial charge in [-0.05, 0) is 42.4 Å². The molecule has 3 aliphatic carbocycles. The van der Waals surface area contributed by atoms with Gasteiger partial charge in [0.1, 0.15) is 0 Å². The summed E-state index contributed by atoms with van der Waals surface area (Å²) in [5.41, 5.74) is 0.705. The molecule has 3 fully saturated rings. The van der Waals surface area contributed by atoms with Gasteiger partial charge in [0.05, 0.1) is 0 Å². The van der Waals surface area contributed by atoms with E-state index in [2.05, 4.69) is 20.8 Å². The van der Waals surface area contributed by atoms with Gasteiger partial charge in [-0.15, -0.1) is 0 Å². The van der Waals surface area contributed by atoms with Crippen molar-refractivity contribution in [3.63, 3.8) is 0 Å². The van der Waals surface area contributed by atoms with E-state index in [4.69, 9.17) is 0 Å². The number of unbranched alkanes of at least 4 members (excludes halogenated alkanes) is 1. The molecule has 0 radical (unpaired) electrons. The molecular weight excluding hydrogens is 156 g/mol. The van der Waals surface area contributed by atoms with Crippen molar-refractivity contribution in [1.29, 1.82) is 0 Å². The third-order valence-electron chi connectivity index (χ3n) is 4.93. The van der Waals surface area contributed by atoms with Crippen LogP contribution in [0.5, 0.6) is 0 Å². The van der Waals surface area contributed by atoms with Gasteiger partial charge in [0.25, 0.3) is 0 Å². The predicted molar refractivity (Wildman–Crippen MR) is 57.6 cm³/mol. The summed E-state index contributed by atoms with van der Waals surface area (Å²) in [6.07, 6.45) is 8.98. The minimum Gasteiger partial charge on any atom is -0.0654 e. The first-order chi connectivity index (χ1) is 6.16. The van der Waals surface area contributed by atoms with Gasteiger partial charge < -0.3 is 0 Å². The smallest absolute Gasteiger partial charge is 0.0295 e. The average molecular weight is 180 g/mol. The Morgan fingerprint density at radius 2 is 2.00 bits per heavy atom. The van der Waals surface area contributed by atoms with Crippen LogP contribution < -0.4 is 0 Å². The highest BCUT2D eigenvalue weighted by atomic mass is 14.6. The van der Waals surface area contributed by atoms with Crippen LogP contribution in [0.15, 0.2) is 0 Å². The summed E-state index contributed by atoms with van der Waals surface area (Å²) in [5, 5.41) is 0. The lowest BCUT2D eigenvalue weighted by molar-refractivity contribution is -0.107. The van der Waals surface area contributed by atoms with Crippen LogP contribution in [0.4, 0.5) is 0 Å². The SMILES string of the molecule is CCCC[C@@H]1CC[C@H]2C[C@@H]1C2(C)C. The van der Waals surface area contributed by atoms with E-state index in [-0.39, 0.29) is 0 Å². The molecule has 3 atom stereocenters. The van der Waals surface area contributed by atoms with Crippen LogP contribution in [0.1, 0.15) is 59.3 Å². The van der Waals surface area contributed by atoms with Gasteiger partial charge in [-0.25, -0.2) is 0 Å². The van der Waals surface area contributed by atoms with Crippen LogP contribution in [-0.2, 0) is 0 Å². The molecule has 2 bridgehead atoms. The van der Waals surface area contributed by atoms with Gasteiger partial charge in [-0.2, -0.15) is 0 Å². The Labute approximate surface area is 83.1 Å². The summed E-state index contributed by atoms with van der Waals surface area (Å²) < 4.78 is 0. The van der Waals surface area contributed by atoms with Gasteiger partial charge >= 0.3 is 0 Å². The second-order valence-corrected chi connectivity index (χ2v) is 5.84. The van der Waals surface area contributed by atoms with E-state index in [1.165, 1.54) is 25.7 Å². The van der Waals surface area contributed by atoms with E-state index in [9.17, 15) is 0 Å². The maximum absolute atomic E-state index is 2.50. The standard InChI is InChI=1S/C13H24/c1-4-5-6-10-7-8-11-9-12(10)13(11,2)3/h10-12H,4-9H2,1-3H3/t10-,11+,12+/m1/s1. The molecule has 3 rings (SSSR count). The van der Waals surface area contributed by atoms with Crippen molar-refractivity contribution < 1.29 is 0 Å². The fourth-order valence-electron chi connectivity index (χ4n) is 3.77. The molecule has 3 aliphatic rings. The highest BCUT2D eigenvalue weighted by Crippen LogP contribution is 2.62. The topological polar surface area (TPSA) is 0 Å². The quantitative estimate of drug-likeness (QED) is 0.609. The Kier molecular flexibility index (Phi) is 2.42. The molecule has 0 unspecified atom stereocenters. The van der Waals surface area contributed by atoms with Crippen LogP contribution in [0, 0.1) is 23.2 Å². The van der Waals surface area contributed by atoms with Crippen LogP contribution >= 0.6 is 0 Å². The van der Waals surface area contributed by atoms with Crippen LogP contribution in [0.2, 0.25) is 0 Å². The number of hydrogen-bond donors (Lipinski definition) is 0. The molecule has 0 amide bonds. The molecule has 76 valence electrons. The normalized spacial score (nSPS) is 41.3. The van der Waals surface area contributed by atoms with Crippen LogP contribution in [0.25, 0.3) is 0 Å². The number of fused-ring (bicyclic) bond motifs is 2. The molecular formula is C13H24. The summed E-state index contributed by atoms with van der Waals surface area (Å²) in [6, 6.07) is 0. The maximum atomic E-state index is 2.50. The molecule has 13 heavy (non-hydrogen) atoms. The average Bonchev–Trinajstić information content (AvgIpc) is 2.14. The monoisotopic (exact) mass is 180 g/mol. The second kappa shape index (κ2) is 3.29. The largest absolute Gasteiger partial charge is 0.0654 e. The summed E-state index contributed by atoms with van der Waals surface area (Å²) >= 11 is 0. The molecule has 0 saturated heterocycles. The zero-order valence-corrected chi connectivity index (χ0v) is 9.47. The van der Waals surface area contributed by atoms with Gasteiger partial charge in [0.15, 0.2) is 0 Å². The predicted octanol–water partition coefficient (Wildman–Crippen LogP) is 4.25. The summed E-state index contributed by atoms with van der Waals surface area (Å²) in [5.74, 6) is 3.24. The highest BCUT2D eigenvalue weighted by Gasteiger charge is 2.53. The van der Waals surface area contributed by atoms with E-state index in [1.54, 1.807) is 12.8 Å². The Bertz CT molecular complexity index is 178.